The van der Waals surface area contributed by atoms with Crippen LogP contribution in [-0.4, -0.2) is 9.55 Å². The van der Waals surface area contributed by atoms with E-state index in [0.29, 0.717) is 23.3 Å². The third kappa shape index (κ3) is 10.4. The van der Waals surface area contributed by atoms with Gasteiger partial charge in [-0.15, -0.1) is 48.1 Å². The number of aromatic nitrogens is 2. The SMILES string of the molecule is CC(C)c1cccc(C(C)C)c1-c1ccc2c(c1)N(c1cc(C(C)(C)c3ccccc3)cc(C(C)(C)c3ccccc3)c1)[CH-]N2c1[c-]c(Oc2[c-]c3c(cc2)c2cc(C(C)(C)C)ccc2n3-c2cc(C(C)(C)C)ccn2)ccc1.[Pt]. The molecule has 0 N–H and O–H groups in total. The first-order chi connectivity index (χ1) is 37.6. The molecule has 10 aromatic rings. The van der Waals surface area contributed by atoms with Crippen LogP contribution >= 0.6 is 0 Å². The molecule has 0 fully saturated rings. The van der Waals surface area contributed by atoms with E-state index in [1.54, 1.807) is 0 Å². The van der Waals surface area contributed by atoms with Gasteiger partial charge in [0.25, 0.3) is 0 Å². The van der Waals surface area contributed by atoms with Gasteiger partial charge in [-0.25, -0.2) is 4.98 Å². The van der Waals surface area contributed by atoms with Crippen LogP contribution in [0.4, 0.5) is 22.7 Å². The second-order valence-electron chi connectivity index (χ2n) is 25.5. The zero-order valence-electron chi connectivity index (χ0n) is 49.1. The van der Waals surface area contributed by atoms with E-state index >= 15 is 0 Å². The van der Waals surface area contributed by atoms with Crippen LogP contribution in [0.5, 0.6) is 11.5 Å². The number of pyridine rings is 1. The summed E-state index contributed by atoms with van der Waals surface area (Å²) < 4.78 is 9.11. The Hall–Kier alpha value is -7.20. The molecular formula is C74H75N4OPt-3. The summed E-state index contributed by atoms with van der Waals surface area (Å²) in [6.07, 6.45) is 1.92. The van der Waals surface area contributed by atoms with Crippen LogP contribution in [0.1, 0.15) is 153 Å². The molecule has 0 saturated heterocycles. The average Bonchev–Trinajstić information content (AvgIpc) is 4.09. The summed E-state index contributed by atoms with van der Waals surface area (Å²) in [5.41, 5.74) is 18.2. The molecule has 0 amide bonds. The predicted molar refractivity (Wildman–Crippen MR) is 332 cm³/mol. The van der Waals surface area contributed by atoms with Crippen LogP contribution in [0.15, 0.2) is 182 Å². The van der Waals surface area contributed by atoms with Gasteiger partial charge < -0.3 is 19.1 Å². The van der Waals surface area contributed by atoms with E-state index in [0.717, 1.165) is 50.4 Å². The molecule has 5 nitrogen and oxygen atoms in total. The molecule has 0 spiro atoms. The van der Waals surface area contributed by atoms with Gasteiger partial charge in [0, 0.05) is 72.2 Å². The number of ether oxygens (including phenoxy) is 1. The molecule has 0 unspecified atom stereocenters. The Labute approximate surface area is 491 Å². The van der Waals surface area contributed by atoms with Gasteiger partial charge in [-0.2, -0.15) is 12.1 Å². The Bertz CT molecular complexity index is 3800. The van der Waals surface area contributed by atoms with E-state index in [2.05, 4.69) is 294 Å². The largest absolute Gasteiger partial charge is 0.509 e. The molecule has 0 atom stereocenters. The molecule has 80 heavy (non-hydrogen) atoms. The maximum atomic E-state index is 6.87. The Morgan fingerprint density at radius 1 is 0.475 bits per heavy atom. The van der Waals surface area contributed by atoms with Gasteiger partial charge in [0.2, 0.25) is 0 Å². The molecule has 0 saturated carbocycles. The Morgan fingerprint density at radius 3 is 1.66 bits per heavy atom. The monoisotopic (exact) mass is 1230 g/mol. The molecule has 6 heteroatoms. The molecule has 3 heterocycles. The third-order valence-electron chi connectivity index (χ3n) is 16.6. The number of hydrogen-bond acceptors (Lipinski definition) is 4. The van der Waals surface area contributed by atoms with E-state index < -0.39 is 0 Å². The van der Waals surface area contributed by atoms with Gasteiger partial charge in [0.1, 0.15) is 5.82 Å². The van der Waals surface area contributed by atoms with Crippen molar-refractivity contribution in [3.05, 3.63) is 245 Å². The van der Waals surface area contributed by atoms with Crippen LogP contribution in [0, 0.1) is 18.8 Å². The van der Waals surface area contributed by atoms with E-state index in [1.807, 2.05) is 18.3 Å². The molecular weight excluding hydrogens is 1160 g/mol. The summed E-state index contributed by atoms with van der Waals surface area (Å²) in [7, 11) is 0. The quantitative estimate of drug-likeness (QED) is 0.114. The second-order valence-corrected chi connectivity index (χ2v) is 25.5. The number of hydrogen-bond donors (Lipinski definition) is 0. The standard InChI is InChI=1S/C74H75N4O.Pt/c1-48(2)61-29-22-30-62(49(3)4)70(61)50-31-35-66-68(39-50)77(58-41-55(73(11,12)51-23-17-15-18-24-51)40-56(42-58)74(13,14)52-25-19-16-20-26-52)47-76(66)57-27-21-28-59(45-57)79-60-33-34-63-64-43-53(71(5,6)7)32-36-65(64)78(67(63)46-60)69-44-54(37-38-75-69)72(8,9)10;/h15-44,47-49H,1-14H3;/q-3;. The topological polar surface area (TPSA) is 33.5 Å². The van der Waals surface area contributed by atoms with Crippen molar-refractivity contribution in [3.63, 3.8) is 0 Å². The van der Waals surface area contributed by atoms with Gasteiger partial charge >= 0.3 is 0 Å². The molecule has 0 bridgehead atoms. The summed E-state index contributed by atoms with van der Waals surface area (Å²) in [6.45, 7) is 34.4. The minimum absolute atomic E-state index is 0. The van der Waals surface area contributed by atoms with Crippen LogP contribution in [0.25, 0.3) is 38.8 Å². The molecule has 1 aliphatic heterocycles. The first-order valence-electron chi connectivity index (χ1n) is 28.2. The molecule has 1 aliphatic rings. The minimum Gasteiger partial charge on any atom is -0.509 e. The first kappa shape index (κ1) is 56.1. The molecule has 11 rings (SSSR count). The van der Waals surface area contributed by atoms with Gasteiger partial charge in [0.05, 0.1) is 0 Å². The number of fused-ring (bicyclic) bond motifs is 4. The summed E-state index contributed by atoms with van der Waals surface area (Å²) in [5.74, 6) is 2.73. The minimum atomic E-state index is -0.304. The number of nitrogens with zero attached hydrogens (tertiary/aromatic N) is 4. The number of benzene rings is 8. The van der Waals surface area contributed by atoms with E-state index in [9.17, 15) is 0 Å². The van der Waals surface area contributed by atoms with Crippen molar-refractivity contribution in [1.29, 1.82) is 0 Å². The Morgan fingerprint density at radius 2 is 1.06 bits per heavy atom. The smallest absolute Gasteiger partial charge is 0.135 e. The summed E-state index contributed by atoms with van der Waals surface area (Å²) in [4.78, 5) is 9.64. The van der Waals surface area contributed by atoms with Crippen molar-refractivity contribution < 1.29 is 25.8 Å². The normalized spacial score (nSPS) is 13.2. The number of rotatable bonds is 12. The molecule has 410 valence electrons. The molecule has 8 aromatic carbocycles. The predicted octanol–water partition coefficient (Wildman–Crippen LogP) is 20.1. The molecule has 0 aliphatic carbocycles. The van der Waals surface area contributed by atoms with Crippen molar-refractivity contribution in [2.75, 3.05) is 9.80 Å². The third-order valence-corrected chi connectivity index (χ3v) is 16.6. The van der Waals surface area contributed by atoms with Crippen LogP contribution in [0.2, 0.25) is 0 Å². The van der Waals surface area contributed by atoms with E-state index in [4.69, 9.17) is 9.72 Å². The average molecular weight is 1230 g/mol. The van der Waals surface area contributed by atoms with Crippen molar-refractivity contribution in [2.45, 2.75) is 130 Å². The van der Waals surface area contributed by atoms with Gasteiger partial charge in [-0.1, -0.05) is 206 Å². The van der Waals surface area contributed by atoms with Crippen molar-refractivity contribution in [1.82, 2.24) is 9.55 Å². The van der Waals surface area contributed by atoms with Crippen LogP contribution < -0.4 is 14.5 Å². The maximum Gasteiger partial charge on any atom is 0.135 e. The zero-order valence-corrected chi connectivity index (χ0v) is 51.3. The van der Waals surface area contributed by atoms with Gasteiger partial charge in [-0.3, -0.25) is 0 Å². The fourth-order valence-electron chi connectivity index (χ4n) is 11.6. The van der Waals surface area contributed by atoms with Crippen LogP contribution in [0.3, 0.4) is 0 Å². The Kier molecular flexibility index (Phi) is 15.0. The van der Waals surface area contributed by atoms with Crippen molar-refractivity contribution >= 4 is 44.6 Å². The summed E-state index contributed by atoms with van der Waals surface area (Å²) >= 11 is 0. The molecule has 0 radical (unpaired) electrons. The zero-order chi connectivity index (χ0) is 55.8. The van der Waals surface area contributed by atoms with Crippen LogP contribution in [-0.2, 0) is 42.7 Å². The second kappa shape index (κ2) is 21.4. The van der Waals surface area contributed by atoms with E-state index in [1.165, 1.54) is 55.6 Å². The van der Waals surface area contributed by atoms with Gasteiger partial charge in [-0.05, 0) is 126 Å². The first-order valence-corrected chi connectivity index (χ1v) is 28.2. The van der Waals surface area contributed by atoms with Crippen molar-refractivity contribution in [2.24, 2.45) is 0 Å². The summed E-state index contributed by atoms with van der Waals surface area (Å²) in [6, 6.07) is 71.9. The van der Waals surface area contributed by atoms with Crippen molar-refractivity contribution in [3.8, 4) is 28.4 Å². The fraction of sp³-hybridized carbons (Fsp3) is 0.270. The molecule has 2 aromatic heterocycles. The van der Waals surface area contributed by atoms with Gasteiger partial charge in [0.15, 0.2) is 0 Å². The number of anilines is 4. The summed E-state index contributed by atoms with van der Waals surface area (Å²) in [5, 5.41) is 2.26. The Balaban J connectivity index is 0.00000720. The van der Waals surface area contributed by atoms with E-state index in [-0.39, 0.29) is 42.7 Å². The maximum absolute atomic E-state index is 6.87. The fourth-order valence-corrected chi connectivity index (χ4v) is 11.6.